The van der Waals surface area contributed by atoms with Gasteiger partial charge in [0.2, 0.25) is 5.91 Å². The molecule has 2 aromatic carbocycles. The molecule has 0 saturated carbocycles. The molecule has 180 valence electrons. The van der Waals surface area contributed by atoms with E-state index < -0.39 is 6.04 Å². The second kappa shape index (κ2) is 10.6. The van der Waals surface area contributed by atoms with Crippen molar-refractivity contribution in [1.29, 1.82) is 0 Å². The highest BCUT2D eigenvalue weighted by Gasteiger charge is 2.47. The summed E-state index contributed by atoms with van der Waals surface area (Å²) in [5.74, 6) is -0.725. The fourth-order valence-electron chi connectivity index (χ4n) is 4.98. The van der Waals surface area contributed by atoms with Crippen LogP contribution in [0.2, 0.25) is 0 Å². The van der Waals surface area contributed by atoms with Gasteiger partial charge in [0.05, 0.1) is 17.0 Å². The first-order valence-corrected chi connectivity index (χ1v) is 13.7. The summed E-state index contributed by atoms with van der Waals surface area (Å²) in [5, 5.41) is 1.87. The lowest BCUT2D eigenvalue weighted by Gasteiger charge is -2.40. The summed E-state index contributed by atoms with van der Waals surface area (Å²) >= 11 is 3.57. The molecule has 6 nitrogen and oxygen atoms in total. The van der Waals surface area contributed by atoms with Crippen LogP contribution in [0.15, 0.2) is 72.1 Å². The summed E-state index contributed by atoms with van der Waals surface area (Å²) in [6.07, 6.45) is 1.56. The standard InChI is InChI=1S/C27H26IN3O3S/c28-20-8-10-21(11-9-20)31-25(32)17-23(26(31)33)30(27(34)24-7-4-16-35-24)22-12-14-29(15-13-22)18-19-5-2-1-3-6-19/h1-11,16,22-23H,12-15,17-18H2. The van der Waals surface area contributed by atoms with Gasteiger partial charge in [-0.15, -0.1) is 11.3 Å². The zero-order chi connectivity index (χ0) is 24.4. The van der Waals surface area contributed by atoms with Gasteiger partial charge in [0.1, 0.15) is 6.04 Å². The Morgan fingerprint density at radius 1 is 0.971 bits per heavy atom. The van der Waals surface area contributed by atoms with E-state index in [-0.39, 0.29) is 30.2 Å². The van der Waals surface area contributed by atoms with Crippen LogP contribution in [0, 0.1) is 3.57 Å². The summed E-state index contributed by atoms with van der Waals surface area (Å²) in [5.41, 5.74) is 1.83. The molecule has 1 atom stereocenters. The Bertz CT molecular complexity index is 1190. The molecule has 0 bridgehead atoms. The minimum Gasteiger partial charge on any atom is -0.322 e. The molecular weight excluding hydrogens is 573 g/mol. The molecule has 1 aromatic heterocycles. The van der Waals surface area contributed by atoms with Crippen LogP contribution in [0.25, 0.3) is 0 Å². The second-order valence-electron chi connectivity index (χ2n) is 8.95. The normalized spacial score (nSPS) is 19.3. The van der Waals surface area contributed by atoms with Gasteiger partial charge < -0.3 is 4.90 Å². The number of thiophene rings is 1. The zero-order valence-corrected chi connectivity index (χ0v) is 22.2. The smallest absolute Gasteiger partial charge is 0.264 e. The first kappa shape index (κ1) is 24.1. The Morgan fingerprint density at radius 2 is 1.69 bits per heavy atom. The number of imide groups is 1. The van der Waals surface area contributed by atoms with E-state index in [2.05, 4.69) is 39.6 Å². The SMILES string of the molecule is O=C1CC(N(C(=O)c2cccs2)C2CCN(Cc3ccccc3)CC2)C(=O)N1c1ccc(I)cc1. The molecule has 1 unspecified atom stereocenters. The molecular formula is C27H26IN3O3S. The van der Waals surface area contributed by atoms with Crippen molar-refractivity contribution in [2.24, 2.45) is 0 Å². The average molecular weight is 599 g/mol. The fourth-order valence-corrected chi connectivity index (χ4v) is 6.01. The maximum Gasteiger partial charge on any atom is 0.264 e. The molecule has 2 fully saturated rings. The number of amides is 3. The van der Waals surface area contributed by atoms with Gasteiger partial charge >= 0.3 is 0 Å². The molecule has 0 N–H and O–H groups in total. The largest absolute Gasteiger partial charge is 0.322 e. The number of hydrogen-bond donors (Lipinski definition) is 0. The molecule has 35 heavy (non-hydrogen) atoms. The Labute approximate surface area is 222 Å². The minimum absolute atomic E-state index is 0.0200. The molecule has 3 heterocycles. The quantitative estimate of drug-likeness (QED) is 0.302. The molecule has 8 heteroatoms. The number of anilines is 1. The Kier molecular flexibility index (Phi) is 7.31. The maximum atomic E-state index is 13.6. The van der Waals surface area contributed by atoms with Crippen LogP contribution in [0.1, 0.15) is 34.5 Å². The summed E-state index contributed by atoms with van der Waals surface area (Å²) in [7, 11) is 0. The minimum atomic E-state index is -0.776. The number of halogens is 1. The number of benzene rings is 2. The van der Waals surface area contributed by atoms with Gasteiger partial charge in [0.25, 0.3) is 11.8 Å². The number of carbonyl (C=O) groups excluding carboxylic acids is 3. The monoisotopic (exact) mass is 599 g/mol. The topological polar surface area (TPSA) is 60.9 Å². The number of nitrogens with zero attached hydrogens (tertiary/aromatic N) is 3. The fraction of sp³-hybridized carbons (Fsp3) is 0.296. The highest BCUT2D eigenvalue weighted by Crippen LogP contribution is 2.31. The Hall–Kier alpha value is -2.56. The van der Waals surface area contributed by atoms with E-state index in [9.17, 15) is 14.4 Å². The van der Waals surface area contributed by atoms with Crippen molar-refractivity contribution in [3.63, 3.8) is 0 Å². The van der Waals surface area contributed by atoms with E-state index in [1.54, 1.807) is 23.1 Å². The highest BCUT2D eigenvalue weighted by molar-refractivity contribution is 14.1. The molecule has 3 aromatic rings. The van der Waals surface area contributed by atoms with E-state index in [1.165, 1.54) is 21.8 Å². The number of hydrogen-bond acceptors (Lipinski definition) is 5. The molecule has 0 radical (unpaired) electrons. The van der Waals surface area contributed by atoms with Gasteiger partial charge in [-0.05, 0) is 76.7 Å². The van der Waals surface area contributed by atoms with Crippen molar-refractivity contribution in [2.75, 3.05) is 18.0 Å². The molecule has 2 saturated heterocycles. The molecule has 2 aliphatic heterocycles. The van der Waals surface area contributed by atoms with Gasteiger partial charge in [-0.2, -0.15) is 0 Å². The number of piperidine rings is 1. The highest BCUT2D eigenvalue weighted by atomic mass is 127. The Balaban J connectivity index is 1.36. The van der Waals surface area contributed by atoms with Crippen LogP contribution in [-0.2, 0) is 16.1 Å². The lowest BCUT2D eigenvalue weighted by molar-refractivity contribution is -0.123. The molecule has 3 amide bonds. The maximum absolute atomic E-state index is 13.6. The third kappa shape index (κ3) is 5.19. The summed E-state index contributed by atoms with van der Waals surface area (Å²) in [4.78, 5) is 46.2. The van der Waals surface area contributed by atoms with Crippen LogP contribution >= 0.6 is 33.9 Å². The zero-order valence-electron chi connectivity index (χ0n) is 19.2. The molecule has 2 aliphatic rings. The third-order valence-corrected chi connectivity index (χ3v) is 8.29. The van der Waals surface area contributed by atoms with Crippen LogP contribution in [0.4, 0.5) is 5.69 Å². The second-order valence-corrected chi connectivity index (χ2v) is 11.1. The van der Waals surface area contributed by atoms with Gasteiger partial charge in [-0.25, -0.2) is 4.90 Å². The number of rotatable bonds is 6. The number of likely N-dealkylation sites (tertiary alicyclic amines) is 1. The van der Waals surface area contributed by atoms with Crippen LogP contribution < -0.4 is 4.90 Å². The van der Waals surface area contributed by atoms with Crippen molar-refractivity contribution in [1.82, 2.24) is 9.80 Å². The number of carbonyl (C=O) groups is 3. The van der Waals surface area contributed by atoms with Crippen LogP contribution in [-0.4, -0.2) is 52.7 Å². The van der Waals surface area contributed by atoms with Crippen LogP contribution in [0.5, 0.6) is 0 Å². The molecule has 0 aliphatic carbocycles. The van der Waals surface area contributed by atoms with Crippen molar-refractivity contribution >= 4 is 57.3 Å². The van der Waals surface area contributed by atoms with Gasteiger partial charge in [-0.3, -0.25) is 19.3 Å². The van der Waals surface area contributed by atoms with E-state index in [0.717, 1.165) is 36.0 Å². The molecule has 0 spiro atoms. The molecule has 5 rings (SSSR count). The van der Waals surface area contributed by atoms with Gasteiger partial charge in [0, 0.05) is 29.2 Å². The Morgan fingerprint density at radius 3 is 2.34 bits per heavy atom. The van der Waals surface area contributed by atoms with Crippen molar-refractivity contribution in [3.8, 4) is 0 Å². The van der Waals surface area contributed by atoms with Gasteiger partial charge in [-0.1, -0.05) is 36.4 Å². The van der Waals surface area contributed by atoms with Crippen molar-refractivity contribution < 1.29 is 14.4 Å². The predicted molar refractivity (Wildman–Crippen MR) is 145 cm³/mol. The average Bonchev–Trinajstić information content (AvgIpc) is 3.50. The lowest BCUT2D eigenvalue weighted by atomic mass is 9.99. The van der Waals surface area contributed by atoms with Crippen molar-refractivity contribution in [3.05, 3.63) is 86.1 Å². The van der Waals surface area contributed by atoms with Crippen molar-refractivity contribution in [2.45, 2.75) is 37.9 Å². The lowest BCUT2D eigenvalue weighted by Crippen LogP contribution is -2.54. The third-order valence-electron chi connectivity index (χ3n) is 6.71. The summed E-state index contributed by atoms with van der Waals surface area (Å²) in [6.45, 7) is 2.54. The van der Waals surface area contributed by atoms with E-state index in [1.807, 2.05) is 41.8 Å². The summed E-state index contributed by atoms with van der Waals surface area (Å²) < 4.78 is 1.03. The van der Waals surface area contributed by atoms with E-state index >= 15 is 0 Å². The van der Waals surface area contributed by atoms with E-state index in [4.69, 9.17) is 0 Å². The van der Waals surface area contributed by atoms with Gasteiger partial charge in [0.15, 0.2) is 0 Å². The predicted octanol–water partition coefficient (Wildman–Crippen LogP) is 4.79. The first-order valence-electron chi connectivity index (χ1n) is 11.8. The summed E-state index contributed by atoms with van der Waals surface area (Å²) in [6, 6.07) is 20.5. The first-order chi connectivity index (χ1) is 17.0. The van der Waals surface area contributed by atoms with Crippen LogP contribution in [0.3, 0.4) is 0 Å². The van der Waals surface area contributed by atoms with E-state index in [0.29, 0.717) is 10.6 Å².